The summed E-state index contributed by atoms with van der Waals surface area (Å²) < 4.78 is 1.85. The number of carbonyl (C=O) groups is 2. The molecule has 0 saturated heterocycles. The van der Waals surface area contributed by atoms with Gasteiger partial charge < -0.3 is 10.2 Å². The maximum Gasteiger partial charge on any atom is 0.258 e. The molecule has 0 aliphatic heterocycles. The normalized spacial score (nSPS) is 10.5. The first-order valence-corrected chi connectivity index (χ1v) is 11.9. The molecular formula is C27H20Br2N2O2. The standard InChI is InChI=1S/C27H20Br2N2O2/c28-21-14-10-19(11-15-21)18-31(27(33)20-12-16-22(29)17-13-20)25-9-5-4-8-24(25)26(32)30-23-6-2-1-3-7-23/h1-17H,18H2,(H,30,32). The molecule has 0 aromatic heterocycles. The van der Waals surface area contributed by atoms with Gasteiger partial charge in [-0.05, 0) is 66.2 Å². The number of carbonyl (C=O) groups excluding carboxylic acids is 2. The van der Waals surface area contributed by atoms with Gasteiger partial charge in [0.05, 0.1) is 17.8 Å². The number of halogens is 2. The molecule has 0 fully saturated rings. The van der Waals surface area contributed by atoms with Crippen molar-refractivity contribution >= 4 is 55.0 Å². The predicted octanol–water partition coefficient (Wildman–Crippen LogP) is 7.31. The van der Waals surface area contributed by atoms with Crippen LogP contribution in [0, 0.1) is 0 Å². The number of para-hydroxylation sites is 2. The third-order valence-electron chi connectivity index (χ3n) is 5.06. The van der Waals surface area contributed by atoms with E-state index in [1.807, 2.05) is 72.8 Å². The minimum Gasteiger partial charge on any atom is -0.322 e. The number of nitrogens with zero attached hydrogens (tertiary/aromatic N) is 1. The molecule has 0 spiro atoms. The fourth-order valence-electron chi connectivity index (χ4n) is 3.41. The van der Waals surface area contributed by atoms with E-state index in [1.54, 1.807) is 35.2 Å². The highest BCUT2D eigenvalue weighted by Crippen LogP contribution is 2.27. The van der Waals surface area contributed by atoms with Gasteiger partial charge in [-0.1, -0.05) is 74.3 Å². The lowest BCUT2D eigenvalue weighted by molar-refractivity contribution is 0.0985. The summed E-state index contributed by atoms with van der Waals surface area (Å²) >= 11 is 6.87. The number of hydrogen-bond acceptors (Lipinski definition) is 2. The zero-order chi connectivity index (χ0) is 23.2. The Labute approximate surface area is 209 Å². The van der Waals surface area contributed by atoms with Gasteiger partial charge in [0.2, 0.25) is 0 Å². The van der Waals surface area contributed by atoms with E-state index in [-0.39, 0.29) is 11.8 Å². The number of nitrogens with one attached hydrogen (secondary N) is 1. The van der Waals surface area contributed by atoms with Crippen molar-refractivity contribution in [1.29, 1.82) is 0 Å². The molecule has 0 aliphatic rings. The van der Waals surface area contributed by atoms with E-state index in [0.29, 0.717) is 29.0 Å². The molecule has 6 heteroatoms. The summed E-state index contributed by atoms with van der Waals surface area (Å²) in [7, 11) is 0. The SMILES string of the molecule is O=C(Nc1ccccc1)c1ccccc1N(Cc1ccc(Br)cc1)C(=O)c1ccc(Br)cc1. The Morgan fingerprint density at radius 3 is 1.94 bits per heavy atom. The molecule has 0 heterocycles. The molecule has 0 aliphatic carbocycles. The van der Waals surface area contributed by atoms with Crippen molar-refractivity contribution in [3.8, 4) is 0 Å². The average molecular weight is 564 g/mol. The summed E-state index contributed by atoms with van der Waals surface area (Å²) in [6.45, 7) is 0.317. The minimum absolute atomic E-state index is 0.189. The second kappa shape index (κ2) is 10.6. The van der Waals surface area contributed by atoms with Crippen LogP contribution in [0.3, 0.4) is 0 Å². The highest BCUT2D eigenvalue weighted by molar-refractivity contribution is 9.10. The van der Waals surface area contributed by atoms with Crippen LogP contribution in [-0.4, -0.2) is 11.8 Å². The van der Waals surface area contributed by atoms with Crippen molar-refractivity contribution in [2.45, 2.75) is 6.54 Å². The van der Waals surface area contributed by atoms with Crippen molar-refractivity contribution < 1.29 is 9.59 Å². The van der Waals surface area contributed by atoms with Gasteiger partial charge in [-0.2, -0.15) is 0 Å². The molecular weight excluding hydrogens is 544 g/mol. The van der Waals surface area contributed by atoms with Crippen LogP contribution in [0.4, 0.5) is 11.4 Å². The summed E-state index contributed by atoms with van der Waals surface area (Å²) in [5.41, 5.74) is 3.14. The summed E-state index contributed by atoms with van der Waals surface area (Å²) in [4.78, 5) is 28.5. The number of amides is 2. The number of benzene rings is 4. The maximum atomic E-state index is 13.6. The molecule has 2 amide bonds. The van der Waals surface area contributed by atoms with Crippen LogP contribution < -0.4 is 10.2 Å². The number of hydrogen-bond donors (Lipinski definition) is 1. The summed E-state index contributed by atoms with van der Waals surface area (Å²) in [6, 6.07) is 31.4. The molecule has 4 aromatic rings. The second-order valence-electron chi connectivity index (χ2n) is 7.36. The zero-order valence-electron chi connectivity index (χ0n) is 17.5. The van der Waals surface area contributed by atoms with Gasteiger partial charge in [0.15, 0.2) is 0 Å². The van der Waals surface area contributed by atoms with Crippen molar-refractivity contribution in [2.24, 2.45) is 0 Å². The van der Waals surface area contributed by atoms with E-state index in [9.17, 15) is 9.59 Å². The van der Waals surface area contributed by atoms with Crippen molar-refractivity contribution in [2.75, 3.05) is 10.2 Å². The molecule has 0 radical (unpaired) electrons. The third-order valence-corrected chi connectivity index (χ3v) is 6.12. The Balaban J connectivity index is 1.73. The first-order chi connectivity index (χ1) is 16.0. The smallest absolute Gasteiger partial charge is 0.258 e. The van der Waals surface area contributed by atoms with Gasteiger partial charge >= 0.3 is 0 Å². The van der Waals surface area contributed by atoms with E-state index < -0.39 is 0 Å². The Morgan fingerprint density at radius 1 is 0.697 bits per heavy atom. The highest BCUT2D eigenvalue weighted by Gasteiger charge is 2.23. The molecule has 4 aromatic carbocycles. The minimum atomic E-state index is -0.277. The molecule has 0 unspecified atom stereocenters. The molecule has 4 nitrogen and oxygen atoms in total. The van der Waals surface area contributed by atoms with Gasteiger partial charge in [0.1, 0.15) is 0 Å². The molecule has 4 rings (SSSR count). The lowest BCUT2D eigenvalue weighted by Crippen LogP contribution is -2.32. The molecule has 0 bridgehead atoms. The van der Waals surface area contributed by atoms with Gasteiger partial charge in [-0.3, -0.25) is 9.59 Å². The maximum absolute atomic E-state index is 13.6. The lowest BCUT2D eigenvalue weighted by atomic mass is 10.1. The monoisotopic (exact) mass is 562 g/mol. The largest absolute Gasteiger partial charge is 0.322 e. The van der Waals surface area contributed by atoms with Gasteiger partial charge in [0, 0.05) is 20.2 Å². The molecule has 1 N–H and O–H groups in total. The number of rotatable bonds is 6. The lowest BCUT2D eigenvalue weighted by Gasteiger charge is -2.25. The summed E-state index contributed by atoms with van der Waals surface area (Å²) in [5, 5.41) is 2.92. The Morgan fingerprint density at radius 2 is 1.27 bits per heavy atom. The fraction of sp³-hybridized carbons (Fsp3) is 0.0370. The first-order valence-electron chi connectivity index (χ1n) is 10.3. The van der Waals surface area contributed by atoms with Crippen LogP contribution in [-0.2, 0) is 6.54 Å². The Bertz CT molecular complexity index is 1260. The Hall–Kier alpha value is -3.22. The molecule has 0 atom stereocenters. The van der Waals surface area contributed by atoms with E-state index in [4.69, 9.17) is 0 Å². The first kappa shape index (κ1) is 23.0. The second-order valence-corrected chi connectivity index (χ2v) is 9.19. The average Bonchev–Trinajstić information content (AvgIpc) is 2.84. The van der Waals surface area contributed by atoms with Crippen LogP contribution in [0.1, 0.15) is 26.3 Å². The van der Waals surface area contributed by atoms with E-state index in [1.165, 1.54) is 0 Å². The van der Waals surface area contributed by atoms with Crippen molar-refractivity contribution in [3.05, 3.63) is 129 Å². The van der Waals surface area contributed by atoms with Gasteiger partial charge in [-0.25, -0.2) is 0 Å². The topological polar surface area (TPSA) is 49.4 Å². The van der Waals surface area contributed by atoms with E-state index in [2.05, 4.69) is 37.2 Å². The number of anilines is 2. The molecule has 0 saturated carbocycles. The van der Waals surface area contributed by atoms with E-state index in [0.717, 1.165) is 14.5 Å². The van der Waals surface area contributed by atoms with Crippen molar-refractivity contribution in [1.82, 2.24) is 0 Å². The quantitative estimate of drug-likeness (QED) is 0.267. The van der Waals surface area contributed by atoms with Crippen LogP contribution in [0.25, 0.3) is 0 Å². The zero-order valence-corrected chi connectivity index (χ0v) is 20.7. The fourth-order valence-corrected chi connectivity index (χ4v) is 3.94. The molecule has 164 valence electrons. The van der Waals surface area contributed by atoms with E-state index >= 15 is 0 Å². The van der Waals surface area contributed by atoms with Crippen LogP contribution in [0.2, 0.25) is 0 Å². The predicted molar refractivity (Wildman–Crippen MR) is 140 cm³/mol. The van der Waals surface area contributed by atoms with Crippen LogP contribution in [0.15, 0.2) is 112 Å². The summed E-state index contributed by atoms with van der Waals surface area (Å²) in [6.07, 6.45) is 0. The summed E-state index contributed by atoms with van der Waals surface area (Å²) in [5.74, 6) is -0.466. The molecule has 33 heavy (non-hydrogen) atoms. The highest BCUT2D eigenvalue weighted by atomic mass is 79.9. The third kappa shape index (κ3) is 5.78. The Kier molecular flexibility index (Phi) is 7.37. The van der Waals surface area contributed by atoms with Gasteiger partial charge in [0.25, 0.3) is 11.8 Å². The van der Waals surface area contributed by atoms with Crippen molar-refractivity contribution in [3.63, 3.8) is 0 Å². The van der Waals surface area contributed by atoms with Crippen LogP contribution >= 0.6 is 31.9 Å². The van der Waals surface area contributed by atoms with Crippen LogP contribution in [0.5, 0.6) is 0 Å². The van der Waals surface area contributed by atoms with Gasteiger partial charge in [-0.15, -0.1) is 0 Å².